The number of halogens is 1. The standard InChI is InChI=1S/C12H7BrN3.Tl/c13-9-1-2-11-10(7-9)12(16-15-11)8-3-5-14-6-4-8;/h1-7H;/q-1;+1. The van der Waals surface area contributed by atoms with Gasteiger partial charge in [-0.1, -0.05) is 0 Å². The quantitative estimate of drug-likeness (QED) is 0.505. The molecule has 0 N–H and O–H groups in total. The Bertz CT molecular complexity index is 679. The second-order valence-electron chi connectivity index (χ2n) is 3.69. The summed E-state index contributed by atoms with van der Waals surface area (Å²) in [6.45, 7) is 0. The summed E-state index contributed by atoms with van der Waals surface area (Å²) in [4.78, 5) is 4.04. The van der Waals surface area contributed by atoms with Gasteiger partial charge in [-0.3, -0.25) is 0 Å². The first-order valence-corrected chi connectivity index (χ1v) is 7.89. The third-order valence-corrected chi connectivity index (χ3v) is 4.65. The number of rotatable bonds is 1. The molecule has 0 bridgehead atoms. The zero-order valence-electron chi connectivity index (χ0n) is 8.84. The second kappa shape index (κ2) is 4.49. The average Bonchev–Trinajstić information content (AvgIpc) is 2.67. The fourth-order valence-electron chi connectivity index (χ4n) is 1.84. The first-order chi connectivity index (χ1) is 8.25. The maximum atomic E-state index is 4.64. The molecule has 2 heterocycles. The van der Waals surface area contributed by atoms with Gasteiger partial charge < -0.3 is 0 Å². The third kappa shape index (κ3) is 2.03. The number of nitrogens with zero attached hydrogens (tertiary/aromatic N) is 3. The van der Waals surface area contributed by atoms with E-state index in [1.54, 1.807) is 12.4 Å². The van der Waals surface area contributed by atoms with E-state index in [2.05, 4.69) is 46.7 Å². The van der Waals surface area contributed by atoms with E-state index in [1.165, 1.54) is 10.9 Å². The Balaban J connectivity index is 2.34. The van der Waals surface area contributed by atoms with Crippen molar-refractivity contribution in [2.24, 2.45) is 0 Å². The van der Waals surface area contributed by atoms with Crippen molar-refractivity contribution in [2.75, 3.05) is 0 Å². The normalized spacial score (nSPS) is 10.8. The van der Waals surface area contributed by atoms with Gasteiger partial charge in [0.15, 0.2) is 0 Å². The fourth-order valence-corrected chi connectivity index (χ4v) is 3.52. The molecule has 1 aromatic carbocycles. The molecule has 0 aliphatic heterocycles. The average molecular weight is 477 g/mol. The first kappa shape index (κ1) is 11.3. The zero-order valence-corrected chi connectivity index (χ0v) is 14.9. The number of pyridine rings is 1. The van der Waals surface area contributed by atoms with Crippen molar-refractivity contribution in [3.63, 3.8) is 0 Å². The molecule has 0 spiro atoms. The van der Waals surface area contributed by atoms with Crippen LogP contribution in [0.25, 0.3) is 22.2 Å². The van der Waals surface area contributed by atoms with E-state index in [1.807, 2.05) is 12.1 Å². The zero-order chi connectivity index (χ0) is 11.8. The van der Waals surface area contributed by atoms with Crippen molar-refractivity contribution in [3.8, 4) is 11.3 Å². The van der Waals surface area contributed by atoms with Crippen molar-refractivity contribution in [1.29, 1.82) is 0 Å². The Kier molecular flexibility index (Phi) is 2.99. The van der Waals surface area contributed by atoms with Gasteiger partial charge in [-0.25, -0.2) is 0 Å². The first-order valence-electron chi connectivity index (χ1n) is 5.09. The number of hydrogen-bond donors (Lipinski definition) is 0. The van der Waals surface area contributed by atoms with Gasteiger partial charge in [0, 0.05) is 0 Å². The Morgan fingerprint density at radius 1 is 1.12 bits per heavy atom. The molecule has 3 rings (SSSR count). The molecule has 0 saturated carbocycles. The van der Waals surface area contributed by atoms with Crippen LogP contribution < -0.4 is 0 Å². The van der Waals surface area contributed by atoms with Gasteiger partial charge in [-0.2, -0.15) is 0 Å². The van der Waals surface area contributed by atoms with Crippen LogP contribution in [-0.4, -0.2) is 38.6 Å². The Labute approximate surface area is 123 Å². The maximum absolute atomic E-state index is 4.64. The van der Waals surface area contributed by atoms with Gasteiger partial charge in [-0.15, -0.1) is 0 Å². The summed E-state index contributed by atoms with van der Waals surface area (Å²) in [7, 11) is 0. The Morgan fingerprint density at radius 3 is 2.65 bits per heavy atom. The molecule has 5 heteroatoms. The SMILES string of the molecule is Brc1ccc2c(c1)c(-c1ccncc1)n[n]2[Tl]. The summed E-state index contributed by atoms with van der Waals surface area (Å²) in [5, 5.41) is 5.83. The van der Waals surface area contributed by atoms with E-state index in [4.69, 9.17) is 0 Å². The molecule has 17 heavy (non-hydrogen) atoms. The van der Waals surface area contributed by atoms with Crippen LogP contribution in [0.3, 0.4) is 0 Å². The van der Waals surface area contributed by atoms with Gasteiger partial charge >= 0.3 is 124 Å². The predicted octanol–water partition coefficient (Wildman–Crippen LogP) is 2.79. The summed E-state index contributed by atoms with van der Waals surface area (Å²) in [5.74, 6) is 0. The van der Waals surface area contributed by atoms with Gasteiger partial charge in [0.25, 0.3) is 0 Å². The molecule has 0 amide bonds. The molecule has 80 valence electrons. The second-order valence-corrected chi connectivity index (χ2v) is 6.51. The van der Waals surface area contributed by atoms with E-state index in [9.17, 15) is 0 Å². The molecule has 3 nitrogen and oxygen atoms in total. The van der Waals surface area contributed by atoms with Gasteiger partial charge in [0.05, 0.1) is 0 Å². The molecule has 0 aliphatic rings. The van der Waals surface area contributed by atoms with Crippen molar-refractivity contribution >= 4 is 52.9 Å². The van der Waals surface area contributed by atoms with Gasteiger partial charge in [-0.05, 0) is 0 Å². The summed E-state index contributed by atoms with van der Waals surface area (Å²) < 4.78 is 3.15. The summed E-state index contributed by atoms with van der Waals surface area (Å²) >= 11 is 4.18. The van der Waals surface area contributed by atoms with Crippen molar-refractivity contribution < 1.29 is 0 Å². The number of hydrogen-bond acceptors (Lipinski definition) is 2. The fraction of sp³-hybridized carbons (Fsp3) is 0. The molecule has 0 unspecified atom stereocenters. The summed E-state index contributed by atoms with van der Waals surface area (Å²) in [6.07, 6.45) is 3.60. The van der Waals surface area contributed by atoms with Crippen LogP contribution in [0.2, 0.25) is 0 Å². The van der Waals surface area contributed by atoms with E-state index in [-0.39, 0.29) is 0 Å². The van der Waals surface area contributed by atoms with Crippen LogP contribution in [-0.2, 0) is 0 Å². The topological polar surface area (TPSA) is 30.7 Å². The van der Waals surface area contributed by atoms with Gasteiger partial charge in [0.1, 0.15) is 0 Å². The molecule has 0 fully saturated rings. The number of aromatic nitrogens is 3. The summed E-state index contributed by atoms with van der Waals surface area (Å²) in [6, 6.07) is 10.3. The van der Waals surface area contributed by atoms with E-state index < -0.39 is 0 Å². The minimum atomic E-state index is 0.666. The molecule has 0 saturated heterocycles. The van der Waals surface area contributed by atoms with E-state index in [0.717, 1.165) is 15.7 Å². The van der Waals surface area contributed by atoms with Crippen LogP contribution in [0.15, 0.2) is 47.2 Å². The minimum absolute atomic E-state index is 0.666. The number of benzene rings is 1. The molecule has 2 aromatic heterocycles. The number of fused-ring (bicyclic) bond motifs is 1. The molecule has 0 atom stereocenters. The van der Waals surface area contributed by atoms with Crippen LogP contribution in [0.4, 0.5) is 0 Å². The van der Waals surface area contributed by atoms with Crippen molar-refractivity contribution in [1.82, 2.24) is 12.6 Å². The van der Waals surface area contributed by atoms with E-state index in [0.29, 0.717) is 26.1 Å². The third-order valence-electron chi connectivity index (χ3n) is 2.62. The Morgan fingerprint density at radius 2 is 1.88 bits per heavy atom. The molecule has 0 radical (unpaired) electrons. The monoisotopic (exact) mass is 477 g/mol. The predicted molar refractivity (Wildman–Crippen MR) is 71.8 cm³/mol. The molecular weight excluding hydrogens is 470 g/mol. The molecule has 0 aliphatic carbocycles. The van der Waals surface area contributed by atoms with Crippen molar-refractivity contribution in [3.05, 3.63) is 47.2 Å². The molecule has 3 aromatic rings. The molecular formula is C12H7BrN3Tl. The Hall–Kier alpha value is -0.758. The summed E-state index contributed by atoms with van der Waals surface area (Å²) in [5.41, 5.74) is 3.35. The van der Waals surface area contributed by atoms with Crippen LogP contribution in [0.5, 0.6) is 0 Å². The van der Waals surface area contributed by atoms with Crippen LogP contribution in [0, 0.1) is 0 Å². The van der Waals surface area contributed by atoms with Crippen LogP contribution in [0.1, 0.15) is 0 Å². The van der Waals surface area contributed by atoms with E-state index >= 15 is 0 Å². The van der Waals surface area contributed by atoms with Crippen LogP contribution >= 0.6 is 15.9 Å². The van der Waals surface area contributed by atoms with Crippen molar-refractivity contribution in [2.45, 2.75) is 0 Å². The van der Waals surface area contributed by atoms with Gasteiger partial charge in [0.2, 0.25) is 0 Å².